The van der Waals surface area contributed by atoms with Crippen LogP contribution in [0, 0.1) is 11.8 Å². The predicted molar refractivity (Wildman–Crippen MR) is 134 cm³/mol. The Morgan fingerprint density at radius 3 is 2.14 bits per heavy atom. The molecule has 7 nitrogen and oxygen atoms in total. The molecule has 2 saturated heterocycles. The highest BCUT2D eigenvalue weighted by Crippen LogP contribution is 2.35. The summed E-state index contributed by atoms with van der Waals surface area (Å²) in [6.07, 6.45) is -3.22. The summed E-state index contributed by atoms with van der Waals surface area (Å²) in [4.78, 5) is 28.4. The van der Waals surface area contributed by atoms with Crippen LogP contribution in [0.15, 0.2) is 48.5 Å². The molecule has 10 heteroatoms. The van der Waals surface area contributed by atoms with E-state index in [0.717, 1.165) is 22.6 Å². The molecule has 4 rings (SSSR count). The van der Waals surface area contributed by atoms with Crippen molar-refractivity contribution < 1.29 is 28.0 Å². The molecule has 200 valence electrons. The van der Waals surface area contributed by atoms with Crippen molar-refractivity contribution in [2.45, 2.75) is 45.3 Å². The van der Waals surface area contributed by atoms with Crippen LogP contribution in [0.4, 0.5) is 30.2 Å². The average molecular weight is 519 g/mol. The van der Waals surface area contributed by atoms with Gasteiger partial charge < -0.3 is 15.1 Å². The molecule has 0 spiro atoms. The molecular formula is C27H33F3N4O3. The van der Waals surface area contributed by atoms with E-state index in [2.05, 4.69) is 5.32 Å². The van der Waals surface area contributed by atoms with E-state index < -0.39 is 23.9 Å². The Kier molecular flexibility index (Phi) is 8.26. The summed E-state index contributed by atoms with van der Waals surface area (Å²) in [6, 6.07) is 14.9. The van der Waals surface area contributed by atoms with Gasteiger partial charge in [0.05, 0.1) is 18.4 Å². The monoisotopic (exact) mass is 518 g/mol. The summed E-state index contributed by atoms with van der Waals surface area (Å²) in [5, 5.41) is 14.3. The van der Waals surface area contributed by atoms with Crippen molar-refractivity contribution in [1.82, 2.24) is 9.96 Å². The van der Waals surface area contributed by atoms with E-state index in [4.69, 9.17) is 0 Å². The van der Waals surface area contributed by atoms with Gasteiger partial charge >= 0.3 is 6.18 Å². The summed E-state index contributed by atoms with van der Waals surface area (Å²) in [5.41, 5.74) is 3.30. The fourth-order valence-electron chi connectivity index (χ4n) is 4.97. The fourth-order valence-corrected chi connectivity index (χ4v) is 4.97. The molecular weight excluding hydrogens is 485 g/mol. The van der Waals surface area contributed by atoms with Gasteiger partial charge in [-0.05, 0) is 68.1 Å². The van der Waals surface area contributed by atoms with Crippen molar-refractivity contribution in [2.24, 2.45) is 11.8 Å². The first kappa shape index (κ1) is 26.8. The number of halogens is 3. The zero-order valence-corrected chi connectivity index (χ0v) is 20.9. The van der Waals surface area contributed by atoms with E-state index in [-0.39, 0.29) is 31.7 Å². The molecule has 0 aliphatic carbocycles. The molecule has 0 bridgehead atoms. The van der Waals surface area contributed by atoms with E-state index in [0.29, 0.717) is 37.7 Å². The Morgan fingerprint density at radius 1 is 1.00 bits per heavy atom. The second kappa shape index (κ2) is 11.4. The lowest BCUT2D eigenvalue weighted by molar-refractivity contribution is -0.179. The highest BCUT2D eigenvalue weighted by Gasteiger charge is 2.41. The highest BCUT2D eigenvalue weighted by molar-refractivity contribution is 5.86. The van der Waals surface area contributed by atoms with Gasteiger partial charge in [0.1, 0.15) is 0 Å². The Balaban J connectivity index is 1.27. The minimum Gasteiger partial charge on any atom is -0.372 e. The van der Waals surface area contributed by atoms with Gasteiger partial charge in [-0.25, -0.2) is 5.06 Å². The molecule has 0 radical (unpaired) electrons. The molecule has 2 aliphatic heterocycles. The summed E-state index contributed by atoms with van der Waals surface area (Å²) in [6.45, 7) is 3.85. The second-order valence-electron chi connectivity index (χ2n) is 9.73. The van der Waals surface area contributed by atoms with Crippen LogP contribution in [0.5, 0.6) is 0 Å². The van der Waals surface area contributed by atoms with Gasteiger partial charge in [0.15, 0.2) is 0 Å². The van der Waals surface area contributed by atoms with Crippen molar-refractivity contribution in [3.63, 3.8) is 0 Å². The van der Waals surface area contributed by atoms with E-state index in [1.165, 1.54) is 0 Å². The minimum atomic E-state index is -4.12. The highest BCUT2D eigenvalue weighted by atomic mass is 19.4. The number of amides is 2. The molecule has 2 heterocycles. The summed E-state index contributed by atoms with van der Waals surface area (Å²) >= 11 is 0. The number of piperidine rings is 2. The van der Waals surface area contributed by atoms with Crippen LogP contribution >= 0.6 is 0 Å². The molecule has 2 amide bonds. The lowest BCUT2D eigenvalue weighted by Gasteiger charge is -2.34. The number of carbonyl (C=O) groups is 2. The van der Waals surface area contributed by atoms with Crippen LogP contribution in [-0.2, 0) is 16.1 Å². The quantitative estimate of drug-likeness (QED) is 0.390. The van der Waals surface area contributed by atoms with Gasteiger partial charge in [-0.15, -0.1) is 0 Å². The topological polar surface area (TPSA) is 76.1 Å². The summed E-state index contributed by atoms with van der Waals surface area (Å²) in [7, 11) is 0. The number of hydrogen-bond donors (Lipinski definition) is 2. The number of likely N-dealkylation sites (tertiary alicyclic amines) is 1. The Morgan fingerprint density at radius 2 is 1.59 bits per heavy atom. The maximum absolute atomic E-state index is 12.9. The van der Waals surface area contributed by atoms with Crippen molar-refractivity contribution >= 4 is 28.9 Å². The van der Waals surface area contributed by atoms with Crippen LogP contribution in [-0.4, -0.2) is 59.3 Å². The molecule has 2 fully saturated rings. The smallest absolute Gasteiger partial charge is 0.372 e. The zero-order chi connectivity index (χ0) is 26.6. The van der Waals surface area contributed by atoms with Crippen LogP contribution in [0.25, 0.3) is 0 Å². The Labute approximate surface area is 214 Å². The number of carbonyl (C=O) groups excluding carboxylic acids is 2. The average Bonchev–Trinajstić information content (AvgIpc) is 2.89. The molecule has 1 unspecified atom stereocenters. The van der Waals surface area contributed by atoms with Crippen molar-refractivity contribution in [3.8, 4) is 0 Å². The van der Waals surface area contributed by atoms with Crippen LogP contribution in [0.3, 0.4) is 0 Å². The number of nitrogens with one attached hydrogen (secondary N) is 1. The van der Waals surface area contributed by atoms with E-state index in [1.807, 2.05) is 60.4 Å². The number of benzene rings is 2. The molecule has 37 heavy (non-hydrogen) atoms. The van der Waals surface area contributed by atoms with Gasteiger partial charge in [0, 0.05) is 49.7 Å². The van der Waals surface area contributed by atoms with Gasteiger partial charge in [-0.1, -0.05) is 12.1 Å². The molecule has 2 N–H and O–H groups in total. The maximum Gasteiger partial charge on any atom is 0.391 e. The summed E-state index contributed by atoms with van der Waals surface area (Å²) < 4.78 is 38.7. The Hall–Kier alpha value is -3.27. The van der Waals surface area contributed by atoms with Crippen molar-refractivity contribution in [3.05, 3.63) is 54.1 Å². The molecule has 0 aromatic heterocycles. The number of rotatable bonds is 7. The van der Waals surface area contributed by atoms with Gasteiger partial charge in [0.25, 0.3) is 0 Å². The molecule has 2 aromatic rings. The van der Waals surface area contributed by atoms with Gasteiger partial charge in [-0.3, -0.25) is 14.8 Å². The van der Waals surface area contributed by atoms with Crippen molar-refractivity contribution in [2.75, 3.05) is 36.4 Å². The third kappa shape index (κ3) is 6.74. The lowest BCUT2D eigenvalue weighted by atomic mass is 9.95. The number of hydroxylamine groups is 2. The molecule has 1 atom stereocenters. The van der Waals surface area contributed by atoms with Gasteiger partial charge in [0.2, 0.25) is 11.8 Å². The first-order valence-corrected chi connectivity index (χ1v) is 12.7. The third-order valence-corrected chi connectivity index (χ3v) is 7.27. The van der Waals surface area contributed by atoms with E-state index in [9.17, 15) is 28.0 Å². The first-order chi connectivity index (χ1) is 17.6. The molecule has 0 saturated carbocycles. The van der Waals surface area contributed by atoms with E-state index in [1.54, 1.807) is 4.90 Å². The van der Waals surface area contributed by atoms with Gasteiger partial charge in [-0.2, -0.15) is 13.2 Å². The lowest BCUT2D eigenvalue weighted by Crippen LogP contribution is -2.44. The van der Waals surface area contributed by atoms with Crippen LogP contribution < -0.4 is 10.2 Å². The Bertz CT molecular complexity index is 1070. The van der Waals surface area contributed by atoms with Crippen molar-refractivity contribution in [1.29, 1.82) is 0 Å². The van der Waals surface area contributed by atoms with Crippen LogP contribution in [0.1, 0.15) is 38.2 Å². The molecule has 2 aliphatic rings. The third-order valence-electron chi connectivity index (χ3n) is 7.27. The molecule has 2 aromatic carbocycles. The minimum absolute atomic E-state index is 0.0288. The normalized spacial score (nSPS) is 19.2. The van der Waals surface area contributed by atoms with E-state index >= 15 is 0 Å². The SMILES string of the molecule is CCN1CCC(C(=O)N(O)Cc2ccc(Nc3ccc(N4CCC(C(F)(F)F)CC4)cc3)cc2)CC1=O. The zero-order valence-electron chi connectivity index (χ0n) is 20.9. The number of alkyl halides is 3. The second-order valence-corrected chi connectivity index (χ2v) is 9.73. The summed E-state index contributed by atoms with van der Waals surface area (Å²) in [5.74, 6) is -2.21. The maximum atomic E-state index is 12.9. The number of hydrogen-bond acceptors (Lipinski definition) is 5. The fraction of sp³-hybridized carbons (Fsp3) is 0.481. The van der Waals surface area contributed by atoms with Crippen LogP contribution in [0.2, 0.25) is 0 Å². The number of anilines is 3. The number of nitrogens with zero attached hydrogens (tertiary/aromatic N) is 3. The largest absolute Gasteiger partial charge is 0.391 e. The first-order valence-electron chi connectivity index (χ1n) is 12.7. The standard InChI is InChI=1S/C27H33F3N4O3/c1-2-32-14-11-20(17-25(32)35)26(36)34(37)18-19-3-5-22(6-4-19)31-23-7-9-24(10-8-23)33-15-12-21(13-16-33)27(28,29)30/h3-10,20-21,31,37H,2,11-18H2,1H3. The predicted octanol–water partition coefficient (Wildman–Crippen LogP) is 5.19.